The number of aliphatic imine (C=N–C) groups is 1. The summed E-state index contributed by atoms with van der Waals surface area (Å²) in [6, 6.07) is 18.3. The summed E-state index contributed by atoms with van der Waals surface area (Å²) in [7, 11) is 5.69. The van der Waals surface area contributed by atoms with Crippen LogP contribution in [0, 0.1) is 0 Å². The van der Waals surface area contributed by atoms with E-state index < -0.39 is 0 Å². The molecule has 6 nitrogen and oxygen atoms in total. The Morgan fingerprint density at radius 2 is 1.90 bits per heavy atom. The highest BCUT2D eigenvalue weighted by Crippen LogP contribution is 2.22. The molecule has 0 amide bonds. The van der Waals surface area contributed by atoms with Crippen molar-refractivity contribution in [1.29, 1.82) is 0 Å². The molecule has 0 aliphatic rings. The number of hydrogen-bond acceptors (Lipinski definition) is 4. The lowest BCUT2D eigenvalue weighted by Crippen LogP contribution is -2.36. The third-order valence-corrected chi connectivity index (χ3v) is 4.59. The van der Waals surface area contributed by atoms with Gasteiger partial charge in [0.15, 0.2) is 5.96 Å². The highest BCUT2D eigenvalue weighted by molar-refractivity contribution is 5.85. The Morgan fingerprint density at radius 1 is 1.07 bits per heavy atom. The molecular weight excluding hydrogens is 362 g/mol. The zero-order valence-corrected chi connectivity index (χ0v) is 17.6. The monoisotopic (exact) mass is 391 g/mol. The van der Waals surface area contributed by atoms with Gasteiger partial charge in [0.05, 0.1) is 19.2 Å². The van der Waals surface area contributed by atoms with Crippen LogP contribution in [0.3, 0.4) is 0 Å². The van der Waals surface area contributed by atoms with Gasteiger partial charge in [-0.1, -0.05) is 30.3 Å². The van der Waals surface area contributed by atoms with Gasteiger partial charge in [-0.25, -0.2) is 9.98 Å². The van der Waals surface area contributed by atoms with Crippen molar-refractivity contribution in [2.24, 2.45) is 4.99 Å². The van der Waals surface area contributed by atoms with Crippen molar-refractivity contribution < 1.29 is 4.74 Å². The molecule has 0 saturated heterocycles. The standard InChI is InChI=1S/C23H29N5O/c1-5-24-23(25-15-17-9-8-10-19(13-17)29-4)26-16-18-14-22(28(2)3)27-21-12-7-6-11-20(18)21/h6-14H,5,15-16H2,1-4H3,(H2,24,25,26). The molecule has 0 aliphatic heterocycles. The minimum Gasteiger partial charge on any atom is -0.497 e. The predicted molar refractivity (Wildman–Crippen MR) is 121 cm³/mol. The van der Waals surface area contributed by atoms with Crippen molar-refractivity contribution >= 4 is 22.7 Å². The van der Waals surface area contributed by atoms with Crippen LogP contribution in [0.1, 0.15) is 18.1 Å². The van der Waals surface area contributed by atoms with Gasteiger partial charge in [-0.2, -0.15) is 0 Å². The van der Waals surface area contributed by atoms with E-state index in [1.807, 2.05) is 55.4 Å². The first kappa shape index (κ1) is 20.5. The fourth-order valence-electron chi connectivity index (χ4n) is 3.07. The largest absolute Gasteiger partial charge is 0.497 e. The molecule has 0 radical (unpaired) electrons. The number of para-hydroxylation sites is 1. The lowest BCUT2D eigenvalue weighted by Gasteiger charge is -2.17. The molecule has 0 fully saturated rings. The molecule has 1 heterocycles. The zero-order chi connectivity index (χ0) is 20.6. The SMILES string of the molecule is CCNC(=NCc1cccc(OC)c1)NCc1cc(N(C)C)nc2ccccc12. The molecule has 2 N–H and O–H groups in total. The van der Waals surface area contributed by atoms with Gasteiger partial charge >= 0.3 is 0 Å². The van der Waals surface area contributed by atoms with Gasteiger partial charge in [0.25, 0.3) is 0 Å². The maximum atomic E-state index is 5.30. The van der Waals surface area contributed by atoms with Gasteiger partial charge in [0.1, 0.15) is 11.6 Å². The molecule has 2 aromatic carbocycles. The first-order chi connectivity index (χ1) is 14.1. The summed E-state index contributed by atoms with van der Waals surface area (Å²) in [5, 5.41) is 7.92. The summed E-state index contributed by atoms with van der Waals surface area (Å²) in [6.07, 6.45) is 0. The van der Waals surface area contributed by atoms with E-state index in [-0.39, 0.29) is 0 Å². The quantitative estimate of drug-likeness (QED) is 0.476. The maximum Gasteiger partial charge on any atom is 0.191 e. The lowest BCUT2D eigenvalue weighted by atomic mass is 10.1. The van der Waals surface area contributed by atoms with Crippen molar-refractivity contribution in [1.82, 2.24) is 15.6 Å². The van der Waals surface area contributed by atoms with Gasteiger partial charge in [0, 0.05) is 32.6 Å². The molecule has 6 heteroatoms. The smallest absolute Gasteiger partial charge is 0.191 e. The molecule has 29 heavy (non-hydrogen) atoms. The first-order valence-electron chi connectivity index (χ1n) is 9.81. The van der Waals surface area contributed by atoms with Crippen LogP contribution in [-0.2, 0) is 13.1 Å². The fourth-order valence-corrected chi connectivity index (χ4v) is 3.07. The number of aromatic nitrogens is 1. The van der Waals surface area contributed by atoms with E-state index >= 15 is 0 Å². The molecule has 3 rings (SSSR count). The molecule has 3 aromatic rings. The zero-order valence-electron chi connectivity index (χ0n) is 17.6. The molecule has 0 unspecified atom stereocenters. The number of nitrogens with zero attached hydrogens (tertiary/aromatic N) is 3. The molecule has 0 atom stereocenters. The van der Waals surface area contributed by atoms with Gasteiger partial charge in [-0.05, 0) is 42.3 Å². The molecule has 0 spiro atoms. The van der Waals surface area contributed by atoms with E-state index in [1.165, 1.54) is 5.56 Å². The van der Waals surface area contributed by atoms with E-state index in [1.54, 1.807) is 7.11 Å². The third kappa shape index (κ3) is 5.38. The highest BCUT2D eigenvalue weighted by Gasteiger charge is 2.08. The second kappa shape index (κ2) is 9.78. The van der Waals surface area contributed by atoms with E-state index in [2.05, 4.69) is 35.8 Å². The van der Waals surface area contributed by atoms with Gasteiger partial charge in [0.2, 0.25) is 0 Å². The summed E-state index contributed by atoms with van der Waals surface area (Å²) in [5.74, 6) is 2.57. The van der Waals surface area contributed by atoms with E-state index in [4.69, 9.17) is 14.7 Å². The van der Waals surface area contributed by atoms with Crippen molar-refractivity contribution in [3.63, 3.8) is 0 Å². The summed E-state index contributed by atoms with van der Waals surface area (Å²) in [4.78, 5) is 11.5. The summed E-state index contributed by atoms with van der Waals surface area (Å²) < 4.78 is 5.30. The lowest BCUT2D eigenvalue weighted by molar-refractivity contribution is 0.414. The Hall–Kier alpha value is -3.28. The van der Waals surface area contributed by atoms with E-state index in [9.17, 15) is 0 Å². The van der Waals surface area contributed by atoms with Crippen molar-refractivity contribution in [2.45, 2.75) is 20.0 Å². The number of guanidine groups is 1. The molecule has 0 bridgehead atoms. The molecule has 0 aliphatic carbocycles. The van der Waals surface area contributed by atoms with Crippen LogP contribution in [0.4, 0.5) is 5.82 Å². The number of fused-ring (bicyclic) bond motifs is 1. The van der Waals surface area contributed by atoms with Crippen LogP contribution >= 0.6 is 0 Å². The van der Waals surface area contributed by atoms with Gasteiger partial charge < -0.3 is 20.3 Å². The Kier molecular flexibility index (Phi) is 6.89. The number of rotatable bonds is 7. The highest BCUT2D eigenvalue weighted by atomic mass is 16.5. The number of nitrogens with one attached hydrogen (secondary N) is 2. The van der Waals surface area contributed by atoms with Crippen molar-refractivity contribution in [3.05, 3.63) is 65.7 Å². The van der Waals surface area contributed by atoms with E-state index in [0.29, 0.717) is 13.1 Å². The normalized spacial score (nSPS) is 11.4. The predicted octanol–water partition coefficient (Wildman–Crippen LogP) is 3.56. The summed E-state index contributed by atoms with van der Waals surface area (Å²) in [6.45, 7) is 4.10. The second-order valence-electron chi connectivity index (χ2n) is 6.95. The van der Waals surface area contributed by atoms with Crippen molar-refractivity contribution in [2.75, 3.05) is 32.6 Å². The van der Waals surface area contributed by atoms with Gasteiger partial charge in [-0.15, -0.1) is 0 Å². The first-order valence-corrected chi connectivity index (χ1v) is 9.81. The Labute approximate surface area is 172 Å². The Bertz CT molecular complexity index is 984. The number of pyridine rings is 1. The van der Waals surface area contributed by atoms with Crippen LogP contribution in [0.2, 0.25) is 0 Å². The summed E-state index contributed by atoms with van der Waals surface area (Å²) in [5.41, 5.74) is 3.28. The van der Waals surface area contributed by atoms with E-state index in [0.717, 1.165) is 40.5 Å². The second-order valence-corrected chi connectivity index (χ2v) is 6.95. The Balaban J connectivity index is 1.79. The number of anilines is 1. The third-order valence-electron chi connectivity index (χ3n) is 4.59. The molecule has 1 aromatic heterocycles. The molecular formula is C23H29N5O. The minimum atomic E-state index is 0.576. The van der Waals surface area contributed by atoms with Crippen LogP contribution in [-0.4, -0.2) is 38.7 Å². The average molecular weight is 392 g/mol. The molecule has 0 saturated carbocycles. The van der Waals surface area contributed by atoms with Crippen LogP contribution in [0.15, 0.2) is 59.6 Å². The molecule has 152 valence electrons. The topological polar surface area (TPSA) is 61.8 Å². The average Bonchev–Trinajstić information content (AvgIpc) is 2.75. The summed E-state index contributed by atoms with van der Waals surface area (Å²) >= 11 is 0. The maximum absolute atomic E-state index is 5.30. The van der Waals surface area contributed by atoms with Crippen LogP contribution in [0.5, 0.6) is 5.75 Å². The van der Waals surface area contributed by atoms with Crippen LogP contribution in [0.25, 0.3) is 10.9 Å². The number of hydrogen-bond donors (Lipinski definition) is 2. The number of methoxy groups -OCH3 is 1. The fraction of sp³-hybridized carbons (Fsp3) is 0.304. The van der Waals surface area contributed by atoms with Crippen molar-refractivity contribution in [3.8, 4) is 5.75 Å². The number of ether oxygens (including phenoxy) is 1. The van der Waals surface area contributed by atoms with Crippen LogP contribution < -0.4 is 20.3 Å². The van der Waals surface area contributed by atoms with Gasteiger partial charge in [-0.3, -0.25) is 0 Å². The number of benzene rings is 2. The minimum absolute atomic E-state index is 0.576. The Morgan fingerprint density at radius 3 is 2.66 bits per heavy atom.